The zero-order chi connectivity index (χ0) is 19.3. The summed E-state index contributed by atoms with van der Waals surface area (Å²) in [5.41, 5.74) is 2.68. The number of nitrogens with two attached hydrogens (primary N) is 1. The second kappa shape index (κ2) is 8.59. The molecule has 0 spiro atoms. The lowest BCUT2D eigenvalue weighted by atomic mass is 10.1. The number of ether oxygens (including phenoxy) is 1. The van der Waals surface area contributed by atoms with Gasteiger partial charge >= 0.3 is 5.63 Å². The van der Waals surface area contributed by atoms with Crippen LogP contribution >= 0.6 is 0 Å². The molecule has 2 heterocycles. The third-order valence-corrected chi connectivity index (χ3v) is 5.74. The van der Waals surface area contributed by atoms with Gasteiger partial charge in [-0.1, -0.05) is 30.3 Å². The van der Waals surface area contributed by atoms with Gasteiger partial charge in [-0.2, -0.15) is 0 Å². The Morgan fingerprint density at radius 1 is 1.11 bits per heavy atom. The molecule has 1 atom stereocenters. The molecule has 5 nitrogen and oxygen atoms in total. The maximum atomic E-state index is 12.0. The number of fused-ring (bicyclic) bond motifs is 1. The molecule has 2 aromatic carbocycles. The minimum atomic E-state index is -0.311. The Hall–Kier alpha value is -2.63. The van der Waals surface area contributed by atoms with Crippen molar-refractivity contribution in [1.82, 2.24) is 0 Å². The number of rotatable bonds is 7. The zero-order valence-corrected chi connectivity index (χ0v) is 16.3. The molecule has 3 aromatic rings. The maximum absolute atomic E-state index is 12.0. The van der Waals surface area contributed by atoms with E-state index in [0.717, 1.165) is 24.0 Å². The summed E-state index contributed by atoms with van der Waals surface area (Å²) in [6.07, 6.45) is 2.62. The average molecular weight is 380 g/mol. The van der Waals surface area contributed by atoms with Gasteiger partial charge in [-0.25, -0.2) is 4.79 Å². The van der Waals surface area contributed by atoms with Gasteiger partial charge < -0.3 is 19.4 Å². The predicted octanol–water partition coefficient (Wildman–Crippen LogP) is 1.28. The van der Waals surface area contributed by atoms with Crippen molar-refractivity contribution < 1.29 is 19.4 Å². The Balaban J connectivity index is 1.52. The van der Waals surface area contributed by atoms with E-state index < -0.39 is 0 Å². The van der Waals surface area contributed by atoms with E-state index in [1.807, 2.05) is 12.1 Å². The number of likely N-dealkylation sites (tertiary alicyclic amines) is 1. The monoisotopic (exact) mass is 380 g/mol. The highest BCUT2D eigenvalue weighted by Crippen LogP contribution is 2.22. The fourth-order valence-electron chi connectivity index (χ4n) is 4.31. The van der Waals surface area contributed by atoms with Crippen LogP contribution in [0.4, 0.5) is 0 Å². The highest BCUT2D eigenvalue weighted by Gasteiger charge is 2.28. The molecule has 1 fully saturated rings. The van der Waals surface area contributed by atoms with Crippen molar-refractivity contribution in [3.8, 4) is 5.75 Å². The fraction of sp³-hybridized carbons (Fsp3) is 0.348. The summed E-state index contributed by atoms with van der Waals surface area (Å²) < 4.78 is 10.6. The van der Waals surface area contributed by atoms with E-state index in [-0.39, 0.29) is 5.63 Å². The highest BCUT2D eigenvalue weighted by molar-refractivity contribution is 5.81. The van der Waals surface area contributed by atoms with Crippen LogP contribution in [0.1, 0.15) is 30.0 Å². The van der Waals surface area contributed by atoms with Crippen molar-refractivity contribution in [2.75, 3.05) is 26.7 Å². The van der Waals surface area contributed by atoms with Gasteiger partial charge in [0.2, 0.25) is 0 Å². The summed E-state index contributed by atoms with van der Waals surface area (Å²) >= 11 is 0. The van der Waals surface area contributed by atoms with Crippen LogP contribution in [0.2, 0.25) is 0 Å². The van der Waals surface area contributed by atoms with Gasteiger partial charge in [0.15, 0.2) is 6.04 Å². The van der Waals surface area contributed by atoms with Gasteiger partial charge in [-0.05, 0) is 12.1 Å². The predicted molar refractivity (Wildman–Crippen MR) is 109 cm³/mol. The topological polar surface area (TPSA) is 60.5 Å². The summed E-state index contributed by atoms with van der Waals surface area (Å²) in [7, 11) is 1.61. The molecule has 1 aliphatic rings. The van der Waals surface area contributed by atoms with E-state index in [1.165, 1.54) is 31.5 Å². The Morgan fingerprint density at radius 3 is 2.64 bits per heavy atom. The van der Waals surface area contributed by atoms with Gasteiger partial charge in [-0.15, -0.1) is 0 Å². The Kier molecular flexibility index (Phi) is 5.74. The van der Waals surface area contributed by atoms with E-state index in [9.17, 15) is 4.79 Å². The molecular formula is C23H28N2O3+2. The van der Waals surface area contributed by atoms with Crippen LogP contribution < -0.4 is 20.6 Å². The number of benzene rings is 2. The van der Waals surface area contributed by atoms with Crippen LogP contribution in [-0.2, 0) is 6.54 Å². The Morgan fingerprint density at radius 2 is 1.89 bits per heavy atom. The summed E-state index contributed by atoms with van der Waals surface area (Å²) in [4.78, 5) is 13.7. The van der Waals surface area contributed by atoms with Gasteiger partial charge in [0.25, 0.3) is 0 Å². The van der Waals surface area contributed by atoms with Gasteiger partial charge in [0.1, 0.15) is 24.4 Å². The molecule has 1 saturated heterocycles. The smallest absolute Gasteiger partial charge is 0.336 e. The minimum Gasteiger partial charge on any atom is -0.497 e. The van der Waals surface area contributed by atoms with E-state index in [4.69, 9.17) is 9.15 Å². The zero-order valence-electron chi connectivity index (χ0n) is 16.3. The molecular weight excluding hydrogens is 352 g/mol. The molecule has 146 valence electrons. The standard InChI is InChI=1S/C23H26N2O3/c1-27-19-9-10-20-18(13-23(26)28-22(20)14-19)15-24-16-21(25-11-5-6-12-25)17-7-3-2-4-8-17/h2-4,7-10,13-14,21,24H,5-6,11-12,15-16H2,1H3/p+2/t21-/m0/s1. The van der Waals surface area contributed by atoms with Crippen molar-refractivity contribution in [1.29, 1.82) is 0 Å². The largest absolute Gasteiger partial charge is 0.497 e. The van der Waals surface area contributed by atoms with E-state index in [0.29, 0.717) is 17.4 Å². The summed E-state index contributed by atoms with van der Waals surface area (Å²) in [6, 6.07) is 18.6. The first-order chi connectivity index (χ1) is 13.7. The second-order valence-corrected chi connectivity index (χ2v) is 7.51. The first kappa shape index (κ1) is 18.7. The minimum absolute atomic E-state index is 0.311. The summed E-state index contributed by atoms with van der Waals surface area (Å²) in [5, 5.41) is 3.29. The van der Waals surface area contributed by atoms with Crippen LogP contribution in [-0.4, -0.2) is 26.7 Å². The molecule has 0 unspecified atom stereocenters. The molecule has 1 aromatic heterocycles. The molecule has 1 aliphatic heterocycles. The third-order valence-electron chi connectivity index (χ3n) is 5.74. The van der Waals surface area contributed by atoms with Crippen molar-refractivity contribution >= 4 is 11.0 Å². The maximum Gasteiger partial charge on any atom is 0.336 e. The second-order valence-electron chi connectivity index (χ2n) is 7.51. The van der Waals surface area contributed by atoms with Crippen molar-refractivity contribution in [3.63, 3.8) is 0 Å². The molecule has 4 rings (SSSR count). The molecule has 0 radical (unpaired) electrons. The molecule has 5 heteroatoms. The van der Waals surface area contributed by atoms with Crippen LogP contribution in [0.5, 0.6) is 5.75 Å². The highest BCUT2D eigenvalue weighted by atomic mass is 16.5. The molecule has 28 heavy (non-hydrogen) atoms. The first-order valence-electron chi connectivity index (χ1n) is 10.1. The number of hydrogen-bond acceptors (Lipinski definition) is 3. The first-order valence-corrected chi connectivity index (χ1v) is 10.1. The number of quaternary nitrogens is 2. The van der Waals surface area contributed by atoms with Crippen LogP contribution in [0.15, 0.2) is 63.8 Å². The van der Waals surface area contributed by atoms with Crippen molar-refractivity contribution in [2.45, 2.75) is 25.4 Å². The molecule has 0 aliphatic carbocycles. The third kappa shape index (κ3) is 4.11. The quantitative estimate of drug-likeness (QED) is 0.607. The van der Waals surface area contributed by atoms with E-state index in [2.05, 4.69) is 35.6 Å². The number of methoxy groups -OCH3 is 1. The Bertz CT molecular complexity index is 978. The van der Waals surface area contributed by atoms with Crippen LogP contribution in [0, 0.1) is 0 Å². The molecule has 0 bridgehead atoms. The van der Waals surface area contributed by atoms with Crippen molar-refractivity contribution in [2.24, 2.45) is 0 Å². The lowest BCUT2D eigenvalue weighted by molar-refractivity contribution is -0.935. The van der Waals surface area contributed by atoms with Gasteiger partial charge in [0.05, 0.1) is 20.2 Å². The molecule has 0 saturated carbocycles. The Labute approximate surface area is 164 Å². The fourth-order valence-corrected chi connectivity index (χ4v) is 4.31. The molecule has 0 amide bonds. The van der Waals surface area contributed by atoms with Gasteiger partial charge in [0, 0.05) is 41.5 Å². The lowest BCUT2D eigenvalue weighted by Gasteiger charge is -2.23. The molecule has 3 N–H and O–H groups in total. The summed E-state index contributed by atoms with van der Waals surface area (Å²) in [5.74, 6) is 0.693. The number of hydrogen-bond donors (Lipinski definition) is 2. The normalized spacial score (nSPS) is 15.8. The average Bonchev–Trinajstić information content (AvgIpc) is 3.25. The van der Waals surface area contributed by atoms with Crippen molar-refractivity contribution in [3.05, 3.63) is 76.1 Å². The lowest BCUT2D eigenvalue weighted by Crippen LogP contribution is -3.13. The number of nitrogens with one attached hydrogen (secondary N) is 1. The SMILES string of the molecule is COc1ccc2c(C[NH2+]C[C@@H](c3ccccc3)[NH+]3CCCC3)cc(=O)oc2c1. The van der Waals surface area contributed by atoms with E-state index in [1.54, 1.807) is 24.1 Å². The van der Waals surface area contributed by atoms with E-state index >= 15 is 0 Å². The van der Waals surface area contributed by atoms with Gasteiger partial charge in [-0.3, -0.25) is 0 Å². The summed E-state index contributed by atoms with van der Waals surface area (Å²) in [6.45, 7) is 4.23. The van der Waals surface area contributed by atoms with Crippen LogP contribution in [0.3, 0.4) is 0 Å². The van der Waals surface area contributed by atoms with Crippen LogP contribution in [0.25, 0.3) is 11.0 Å².